The van der Waals surface area contributed by atoms with Crippen LogP contribution in [0.15, 0.2) is 24.4 Å². The van der Waals surface area contributed by atoms with Crippen LogP contribution in [0.1, 0.15) is 22.9 Å². The molecule has 0 amide bonds. The van der Waals surface area contributed by atoms with Gasteiger partial charge in [-0.1, -0.05) is 28.9 Å². The van der Waals surface area contributed by atoms with Gasteiger partial charge in [0.25, 0.3) is 0 Å². The van der Waals surface area contributed by atoms with E-state index in [1.165, 1.54) is 0 Å². The molecular weight excluding hydrogens is 236 g/mol. The average Bonchev–Trinajstić information content (AvgIpc) is 2.68. The number of rotatable bonds is 3. The van der Waals surface area contributed by atoms with E-state index in [1.54, 1.807) is 4.68 Å². The predicted octanol–water partition coefficient (Wildman–Crippen LogP) is 2.02. The Morgan fingerprint density at radius 2 is 2.24 bits per heavy atom. The van der Waals surface area contributed by atoms with E-state index in [4.69, 9.17) is 17.3 Å². The molecule has 1 atom stereocenters. The Balaban J connectivity index is 2.14. The molecule has 0 aliphatic heterocycles. The molecule has 0 aliphatic rings. The maximum Gasteiger partial charge on any atom is 0.0845 e. The van der Waals surface area contributed by atoms with Crippen molar-refractivity contribution in [3.8, 4) is 0 Å². The van der Waals surface area contributed by atoms with Gasteiger partial charge in [0.2, 0.25) is 0 Å². The van der Waals surface area contributed by atoms with Gasteiger partial charge in [0.1, 0.15) is 0 Å². The van der Waals surface area contributed by atoms with Gasteiger partial charge in [-0.2, -0.15) is 0 Å². The highest BCUT2D eigenvalue weighted by molar-refractivity contribution is 6.31. The quantitative estimate of drug-likeness (QED) is 0.907. The first kappa shape index (κ1) is 12.1. The molecule has 17 heavy (non-hydrogen) atoms. The molecule has 0 saturated heterocycles. The van der Waals surface area contributed by atoms with Crippen molar-refractivity contribution in [3.63, 3.8) is 0 Å². The number of nitrogens with two attached hydrogens (primary N) is 1. The van der Waals surface area contributed by atoms with Crippen molar-refractivity contribution in [2.24, 2.45) is 12.8 Å². The van der Waals surface area contributed by atoms with Crippen LogP contribution in [-0.2, 0) is 13.5 Å². The van der Waals surface area contributed by atoms with Crippen LogP contribution in [-0.4, -0.2) is 15.0 Å². The van der Waals surface area contributed by atoms with Gasteiger partial charge in [0.15, 0.2) is 0 Å². The third-order valence-electron chi connectivity index (χ3n) is 2.69. The van der Waals surface area contributed by atoms with Crippen molar-refractivity contribution in [2.45, 2.75) is 19.4 Å². The fraction of sp³-hybridized carbons (Fsp3) is 0.333. The summed E-state index contributed by atoms with van der Waals surface area (Å²) in [5.74, 6) is 0. The Morgan fingerprint density at radius 3 is 2.82 bits per heavy atom. The normalized spacial score (nSPS) is 12.7. The summed E-state index contributed by atoms with van der Waals surface area (Å²) in [5.41, 5.74) is 9.14. The van der Waals surface area contributed by atoms with Crippen LogP contribution in [0.2, 0.25) is 5.02 Å². The molecule has 0 fully saturated rings. The lowest BCUT2D eigenvalue weighted by Gasteiger charge is -2.11. The Bertz CT molecular complexity index is 521. The molecule has 0 aliphatic carbocycles. The molecule has 4 nitrogen and oxygen atoms in total. The average molecular weight is 251 g/mol. The SMILES string of the molecule is Cc1cc(C(N)Cc2cn(C)nn2)ccc1Cl. The van der Waals surface area contributed by atoms with Gasteiger partial charge in [0.05, 0.1) is 5.69 Å². The third kappa shape index (κ3) is 2.84. The number of hydrogen-bond donors (Lipinski definition) is 1. The summed E-state index contributed by atoms with van der Waals surface area (Å²) >= 11 is 5.98. The van der Waals surface area contributed by atoms with Gasteiger partial charge in [-0.25, -0.2) is 0 Å². The van der Waals surface area contributed by atoms with Crippen LogP contribution in [0.25, 0.3) is 0 Å². The summed E-state index contributed by atoms with van der Waals surface area (Å²) in [6, 6.07) is 5.77. The number of benzene rings is 1. The zero-order chi connectivity index (χ0) is 12.4. The van der Waals surface area contributed by atoms with E-state index in [0.717, 1.165) is 21.8 Å². The summed E-state index contributed by atoms with van der Waals surface area (Å²) < 4.78 is 1.68. The van der Waals surface area contributed by atoms with Crippen molar-refractivity contribution < 1.29 is 0 Å². The first-order valence-electron chi connectivity index (χ1n) is 5.43. The summed E-state index contributed by atoms with van der Waals surface area (Å²) in [6.45, 7) is 1.97. The van der Waals surface area contributed by atoms with E-state index in [1.807, 2.05) is 38.4 Å². The Kier molecular flexibility index (Phi) is 3.45. The molecule has 1 unspecified atom stereocenters. The molecule has 1 heterocycles. The third-order valence-corrected chi connectivity index (χ3v) is 3.11. The van der Waals surface area contributed by atoms with Crippen LogP contribution in [0.3, 0.4) is 0 Å². The largest absolute Gasteiger partial charge is 0.324 e. The van der Waals surface area contributed by atoms with E-state index in [0.29, 0.717) is 6.42 Å². The second-order valence-electron chi connectivity index (χ2n) is 4.20. The highest BCUT2D eigenvalue weighted by atomic mass is 35.5. The molecule has 1 aromatic heterocycles. The monoisotopic (exact) mass is 250 g/mol. The smallest absolute Gasteiger partial charge is 0.0845 e. The first-order chi connectivity index (χ1) is 8.06. The Hall–Kier alpha value is -1.39. The first-order valence-corrected chi connectivity index (χ1v) is 5.81. The lowest BCUT2D eigenvalue weighted by Crippen LogP contribution is -2.13. The van der Waals surface area contributed by atoms with Crippen LogP contribution in [0.4, 0.5) is 0 Å². The van der Waals surface area contributed by atoms with Crippen molar-refractivity contribution in [2.75, 3.05) is 0 Å². The van der Waals surface area contributed by atoms with Gasteiger partial charge in [-0.05, 0) is 24.1 Å². The van der Waals surface area contributed by atoms with Crippen LogP contribution in [0.5, 0.6) is 0 Å². The minimum atomic E-state index is -0.0809. The molecule has 1 aromatic carbocycles. The second-order valence-corrected chi connectivity index (χ2v) is 4.61. The summed E-state index contributed by atoms with van der Waals surface area (Å²) in [6.07, 6.45) is 2.55. The van der Waals surface area contributed by atoms with Crippen molar-refractivity contribution >= 4 is 11.6 Å². The zero-order valence-electron chi connectivity index (χ0n) is 9.89. The number of nitrogens with zero attached hydrogens (tertiary/aromatic N) is 3. The molecule has 0 radical (unpaired) electrons. The van der Waals surface area contributed by atoms with E-state index >= 15 is 0 Å². The molecule has 0 bridgehead atoms. The van der Waals surface area contributed by atoms with Crippen molar-refractivity contribution in [1.29, 1.82) is 0 Å². The molecule has 0 saturated carbocycles. The van der Waals surface area contributed by atoms with Crippen LogP contribution < -0.4 is 5.73 Å². The van der Waals surface area contributed by atoms with E-state index < -0.39 is 0 Å². The number of aryl methyl sites for hydroxylation is 2. The molecule has 90 valence electrons. The Labute approximate surface area is 105 Å². The minimum absolute atomic E-state index is 0.0809. The molecular formula is C12H15ClN4. The van der Waals surface area contributed by atoms with Gasteiger partial charge in [-0.15, -0.1) is 5.10 Å². The van der Waals surface area contributed by atoms with Gasteiger partial charge >= 0.3 is 0 Å². The summed E-state index contributed by atoms with van der Waals surface area (Å²) in [5, 5.41) is 8.68. The van der Waals surface area contributed by atoms with Crippen molar-refractivity contribution in [3.05, 3.63) is 46.2 Å². The molecule has 2 rings (SSSR count). The number of hydrogen-bond acceptors (Lipinski definition) is 3. The van der Waals surface area contributed by atoms with Crippen LogP contribution >= 0.6 is 11.6 Å². The lowest BCUT2D eigenvalue weighted by atomic mass is 10.0. The second kappa shape index (κ2) is 4.85. The molecule has 5 heteroatoms. The lowest BCUT2D eigenvalue weighted by molar-refractivity contribution is 0.693. The maximum atomic E-state index is 6.14. The fourth-order valence-electron chi connectivity index (χ4n) is 1.73. The minimum Gasteiger partial charge on any atom is -0.324 e. The number of aromatic nitrogens is 3. The Morgan fingerprint density at radius 1 is 1.47 bits per heavy atom. The summed E-state index contributed by atoms with van der Waals surface area (Å²) in [4.78, 5) is 0. The predicted molar refractivity (Wildman–Crippen MR) is 67.8 cm³/mol. The highest BCUT2D eigenvalue weighted by Gasteiger charge is 2.10. The van der Waals surface area contributed by atoms with E-state index in [2.05, 4.69) is 10.3 Å². The maximum absolute atomic E-state index is 6.14. The summed E-state index contributed by atoms with van der Waals surface area (Å²) in [7, 11) is 1.84. The number of halogens is 1. The fourth-order valence-corrected chi connectivity index (χ4v) is 1.85. The van der Waals surface area contributed by atoms with Crippen molar-refractivity contribution in [1.82, 2.24) is 15.0 Å². The highest BCUT2D eigenvalue weighted by Crippen LogP contribution is 2.21. The van der Waals surface area contributed by atoms with Gasteiger partial charge < -0.3 is 5.73 Å². The zero-order valence-corrected chi connectivity index (χ0v) is 10.6. The topological polar surface area (TPSA) is 56.7 Å². The molecule has 2 N–H and O–H groups in total. The van der Waals surface area contributed by atoms with Crippen LogP contribution in [0, 0.1) is 6.92 Å². The standard InChI is InChI=1S/C12H15ClN4/c1-8-5-9(3-4-11(8)13)12(14)6-10-7-17(2)16-15-10/h3-5,7,12H,6,14H2,1-2H3. The van der Waals surface area contributed by atoms with E-state index in [-0.39, 0.29) is 6.04 Å². The van der Waals surface area contributed by atoms with E-state index in [9.17, 15) is 0 Å². The molecule has 2 aromatic rings. The van der Waals surface area contributed by atoms with Gasteiger partial charge in [-0.3, -0.25) is 4.68 Å². The molecule has 0 spiro atoms. The van der Waals surface area contributed by atoms with Gasteiger partial charge in [0, 0.05) is 30.7 Å².